The normalized spacial score (nSPS) is 17.4. The fraction of sp³-hybridized carbons (Fsp3) is 0.280. The molecule has 2 aliphatic rings. The molecule has 0 aliphatic carbocycles. The van der Waals surface area contributed by atoms with Gasteiger partial charge in [0.05, 0.1) is 22.5 Å². The maximum atomic E-state index is 13.3. The van der Waals surface area contributed by atoms with Crippen LogP contribution in [0.2, 0.25) is 0 Å². The first-order valence-corrected chi connectivity index (χ1v) is 11.4. The second-order valence-corrected chi connectivity index (χ2v) is 8.81. The van der Waals surface area contributed by atoms with Gasteiger partial charge in [-0.15, -0.1) is 0 Å². The predicted molar refractivity (Wildman–Crippen MR) is 128 cm³/mol. The number of benzene rings is 1. The second-order valence-electron chi connectivity index (χ2n) is 8.81. The van der Waals surface area contributed by atoms with Gasteiger partial charge in [-0.3, -0.25) is 9.55 Å². The summed E-state index contributed by atoms with van der Waals surface area (Å²) in [7, 11) is 0. The van der Waals surface area contributed by atoms with Crippen molar-refractivity contribution >= 4 is 22.7 Å². The molecule has 0 bridgehead atoms. The molecule has 0 radical (unpaired) electrons. The van der Waals surface area contributed by atoms with Crippen molar-refractivity contribution in [3.63, 3.8) is 0 Å². The number of aryl methyl sites for hydroxylation is 2. The molecule has 0 spiro atoms. The number of hydrogen-bond acceptors (Lipinski definition) is 6. The Morgan fingerprint density at radius 3 is 2.77 bits per heavy atom. The van der Waals surface area contributed by atoms with Gasteiger partial charge < -0.3 is 24.3 Å². The van der Waals surface area contributed by atoms with Crippen LogP contribution >= 0.6 is 0 Å². The minimum atomic E-state index is -0.947. The molecule has 10 nitrogen and oxygen atoms in total. The van der Waals surface area contributed by atoms with Crippen molar-refractivity contribution in [1.29, 1.82) is 0 Å². The average Bonchev–Trinajstić information content (AvgIpc) is 3.39. The van der Waals surface area contributed by atoms with Gasteiger partial charge in [-0.1, -0.05) is 17.3 Å². The molecule has 0 saturated heterocycles. The smallest absolute Gasteiger partial charge is 0.407 e. The lowest BCUT2D eigenvalue weighted by Gasteiger charge is -2.28. The summed E-state index contributed by atoms with van der Waals surface area (Å²) < 4.78 is 13.5. The highest BCUT2D eigenvalue weighted by molar-refractivity contribution is 6.00. The number of nitrogens with one attached hydrogen (secondary N) is 1. The lowest BCUT2D eigenvalue weighted by Crippen LogP contribution is -2.33. The number of nitrogens with zero attached hydrogens (tertiary/aromatic N) is 4. The molecule has 0 saturated carbocycles. The van der Waals surface area contributed by atoms with Crippen molar-refractivity contribution in [2.24, 2.45) is 0 Å². The topological polar surface area (TPSA) is 126 Å². The fourth-order valence-corrected chi connectivity index (χ4v) is 5.14. The van der Waals surface area contributed by atoms with Gasteiger partial charge in [0.2, 0.25) is 0 Å². The van der Waals surface area contributed by atoms with E-state index in [1.165, 1.54) is 4.90 Å². The number of ether oxygens (including phenoxy) is 1. The Bertz CT molecular complexity index is 1540. The molecular weight excluding hydrogens is 450 g/mol. The highest BCUT2D eigenvalue weighted by atomic mass is 16.5. The summed E-state index contributed by atoms with van der Waals surface area (Å²) >= 11 is 0. The number of rotatable bonds is 3. The molecule has 6 rings (SSSR count). The number of aromatic amines is 1. The first kappa shape index (κ1) is 21.2. The Morgan fingerprint density at radius 1 is 1.26 bits per heavy atom. The minimum absolute atomic E-state index is 0.249. The first-order valence-electron chi connectivity index (χ1n) is 11.4. The van der Waals surface area contributed by atoms with Crippen LogP contribution in [-0.2, 0) is 0 Å². The molecule has 0 unspecified atom stereocenters. The Morgan fingerprint density at radius 2 is 2.11 bits per heavy atom. The molecule has 1 aromatic carbocycles. The number of H-pyrrole nitrogens is 1. The monoisotopic (exact) mass is 473 g/mol. The van der Waals surface area contributed by atoms with Crippen LogP contribution in [0.4, 0.5) is 4.79 Å². The Kier molecular flexibility index (Phi) is 4.77. The van der Waals surface area contributed by atoms with Crippen molar-refractivity contribution in [3.8, 4) is 16.9 Å². The summed E-state index contributed by atoms with van der Waals surface area (Å²) in [5.41, 5.74) is 5.95. The van der Waals surface area contributed by atoms with Gasteiger partial charge in [0, 0.05) is 30.4 Å². The quantitative estimate of drug-likeness (QED) is 0.464. The fourth-order valence-electron chi connectivity index (χ4n) is 5.14. The van der Waals surface area contributed by atoms with Gasteiger partial charge in [-0.05, 0) is 44.0 Å². The maximum Gasteiger partial charge on any atom is 0.407 e. The summed E-state index contributed by atoms with van der Waals surface area (Å²) in [5, 5.41) is 13.5. The molecule has 1 atom stereocenters. The molecule has 178 valence electrons. The van der Waals surface area contributed by atoms with Gasteiger partial charge >= 0.3 is 11.8 Å². The SMILES string of the molecule is Cc1noc(C)c1-c1cc(C2=CCN(C(=O)O)CC2)c2[nH]c(=O)n3c2c1OC[C@@H]3c1ccccn1. The van der Waals surface area contributed by atoms with Crippen molar-refractivity contribution in [2.45, 2.75) is 26.3 Å². The van der Waals surface area contributed by atoms with E-state index in [9.17, 15) is 14.7 Å². The highest BCUT2D eigenvalue weighted by Crippen LogP contribution is 2.46. The highest BCUT2D eigenvalue weighted by Gasteiger charge is 2.33. The maximum absolute atomic E-state index is 13.3. The van der Waals surface area contributed by atoms with E-state index < -0.39 is 6.09 Å². The van der Waals surface area contributed by atoms with Crippen LogP contribution in [0.15, 0.2) is 45.9 Å². The van der Waals surface area contributed by atoms with Crippen LogP contribution in [0.5, 0.6) is 5.75 Å². The van der Waals surface area contributed by atoms with Crippen LogP contribution in [0.1, 0.15) is 35.2 Å². The van der Waals surface area contributed by atoms with Crippen LogP contribution in [0.25, 0.3) is 27.7 Å². The third-order valence-corrected chi connectivity index (χ3v) is 6.80. The van der Waals surface area contributed by atoms with E-state index >= 15 is 0 Å². The van der Waals surface area contributed by atoms with Crippen molar-refractivity contribution in [3.05, 3.63) is 69.7 Å². The van der Waals surface area contributed by atoms with Crippen molar-refractivity contribution in [2.75, 3.05) is 19.7 Å². The lowest BCUT2D eigenvalue weighted by atomic mass is 9.92. The molecule has 5 heterocycles. The Balaban J connectivity index is 1.63. The molecule has 3 aromatic heterocycles. The predicted octanol–water partition coefficient (Wildman–Crippen LogP) is 3.75. The molecule has 2 N–H and O–H groups in total. The van der Waals surface area contributed by atoms with Gasteiger partial charge in [0.15, 0.2) is 5.75 Å². The number of pyridine rings is 1. The van der Waals surface area contributed by atoms with Crippen LogP contribution in [-0.4, -0.2) is 55.5 Å². The third-order valence-electron chi connectivity index (χ3n) is 6.80. The van der Waals surface area contributed by atoms with Crippen LogP contribution in [0, 0.1) is 13.8 Å². The number of aromatic nitrogens is 4. The molecule has 2 aliphatic heterocycles. The molecule has 35 heavy (non-hydrogen) atoms. The van der Waals surface area contributed by atoms with Gasteiger partial charge in [-0.25, -0.2) is 9.59 Å². The second kappa shape index (κ2) is 7.86. The summed E-state index contributed by atoms with van der Waals surface area (Å²) in [5.74, 6) is 1.24. The van der Waals surface area contributed by atoms with Gasteiger partial charge in [0.1, 0.15) is 23.9 Å². The van der Waals surface area contributed by atoms with Gasteiger partial charge in [0.25, 0.3) is 0 Å². The third kappa shape index (κ3) is 3.24. The summed E-state index contributed by atoms with van der Waals surface area (Å²) in [6, 6.07) is 7.21. The summed E-state index contributed by atoms with van der Waals surface area (Å²) in [6.07, 6.45) is 3.19. The standard InChI is InChI=1S/C25H23N5O5/c1-13-20(14(2)35-28-13)17-11-16(15-6-9-29(10-7-15)25(32)33)21-22-23(17)34-12-19(30(22)24(31)27-21)18-5-3-4-8-26-18/h3-6,8,11,19H,7,9-10,12H2,1-2H3,(H,27,31)(H,32,33)/t19-/m1/s1. The van der Waals surface area contributed by atoms with E-state index in [-0.39, 0.29) is 24.9 Å². The number of carboxylic acid groups (broad SMARTS) is 1. The number of carbonyl (C=O) groups is 1. The van der Waals surface area contributed by atoms with Gasteiger partial charge in [-0.2, -0.15) is 0 Å². The van der Waals surface area contributed by atoms with Crippen molar-refractivity contribution < 1.29 is 19.2 Å². The number of amides is 1. The average molecular weight is 473 g/mol. The van der Waals surface area contributed by atoms with E-state index in [1.807, 2.05) is 44.2 Å². The first-order chi connectivity index (χ1) is 16.9. The van der Waals surface area contributed by atoms with E-state index in [1.54, 1.807) is 10.8 Å². The molecule has 10 heteroatoms. The summed E-state index contributed by atoms with van der Waals surface area (Å²) in [6.45, 7) is 4.63. The van der Waals surface area contributed by atoms with E-state index in [0.717, 1.165) is 33.7 Å². The number of hydrogen-bond donors (Lipinski definition) is 2. The molecule has 0 fully saturated rings. The largest absolute Gasteiger partial charge is 0.488 e. The zero-order valence-electron chi connectivity index (χ0n) is 19.2. The number of imidazole rings is 1. The zero-order valence-corrected chi connectivity index (χ0v) is 19.2. The molecule has 4 aromatic rings. The molecular formula is C25H23N5O5. The van der Waals surface area contributed by atoms with Crippen LogP contribution < -0.4 is 10.4 Å². The molecule has 1 amide bonds. The van der Waals surface area contributed by atoms with Crippen LogP contribution in [0.3, 0.4) is 0 Å². The van der Waals surface area contributed by atoms with E-state index in [2.05, 4.69) is 15.1 Å². The van der Waals surface area contributed by atoms with Crippen molar-refractivity contribution in [1.82, 2.24) is 24.6 Å². The lowest BCUT2D eigenvalue weighted by molar-refractivity contribution is 0.150. The van der Waals surface area contributed by atoms with E-state index in [0.29, 0.717) is 35.5 Å². The van der Waals surface area contributed by atoms with E-state index in [4.69, 9.17) is 9.26 Å². The Labute approximate surface area is 199 Å². The summed E-state index contributed by atoms with van der Waals surface area (Å²) in [4.78, 5) is 33.6. The zero-order chi connectivity index (χ0) is 24.3. The Hall–Kier alpha value is -4.34. The minimum Gasteiger partial charge on any atom is -0.488 e.